The van der Waals surface area contributed by atoms with Crippen LogP contribution >= 0.6 is 0 Å². The summed E-state index contributed by atoms with van der Waals surface area (Å²) >= 11 is 0. The molecule has 0 fully saturated rings. The van der Waals surface area contributed by atoms with Gasteiger partial charge in [-0.3, -0.25) is 4.79 Å². The molecule has 3 rings (SSSR count). The number of hydrogen-bond acceptors (Lipinski definition) is 1. The lowest BCUT2D eigenvalue weighted by atomic mass is 10.0. The number of anilines is 1. The van der Waals surface area contributed by atoms with Crippen LogP contribution < -0.4 is 4.90 Å². The molecule has 1 amide bonds. The largest absolute Gasteiger partial charge is 0.307 e. The van der Waals surface area contributed by atoms with Gasteiger partial charge in [-0.1, -0.05) is 62.4 Å². The Labute approximate surface area is 144 Å². The number of carbonyl (C=O) groups is 1. The van der Waals surface area contributed by atoms with Crippen molar-refractivity contribution in [3.63, 3.8) is 0 Å². The van der Waals surface area contributed by atoms with Crippen molar-refractivity contribution < 1.29 is 4.79 Å². The van der Waals surface area contributed by atoms with Crippen molar-refractivity contribution in [1.29, 1.82) is 0 Å². The smallest absolute Gasteiger partial charge is 0.227 e. The van der Waals surface area contributed by atoms with Gasteiger partial charge >= 0.3 is 0 Å². The summed E-state index contributed by atoms with van der Waals surface area (Å²) in [5.74, 6) is 7.30. The zero-order valence-electron chi connectivity index (χ0n) is 14.4. The molecule has 0 atom stereocenters. The van der Waals surface area contributed by atoms with Crippen LogP contribution in [0.1, 0.15) is 49.8 Å². The topological polar surface area (TPSA) is 20.3 Å². The molecule has 0 radical (unpaired) electrons. The summed E-state index contributed by atoms with van der Waals surface area (Å²) in [6, 6.07) is 16.0. The van der Waals surface area contributed by atoms with E-state index in [1.54, 1.807) is 0 Å². The van der Waals surface area contributed by atoms with E-state index < -0.39 is 0 Å². The van der Waals surface area contributed by atoms with E-state index in [1.165, 1.54) is 0 Å². The monoisotopic (exact) mass is 317 g/mol. The Morgan fingerprint density at radius 1 is 1.04 bits per heavy atom. The number of amides is 1. The second-order valence-corrected chi connectivity index (χ2v) is 6.69. The zero-order chi connectivity index (χ0) is 16.9. The molecule has 2 aromatic rings. The predicted octanol–water partition coefficient (Wildman–Crippen LogP) is 4.76. The van der Waals surface area contributed by atoms with Gasteiger partial charge < -0.3 is 4.90 Å². The summed E-state index contributed by atoms with van der Waals surface area (Å²) in [7, 11) is 0. The first-order chi connectivity index (χ1) is 11.6. The molecule has 24 heavy (non-hydrogen) atoms. The minimum absolute atomic E-state index is 0.182. The first-order valence-electron chi connectivity index (χ1n) is 8.64. The van der Waals surface area contributed by atoms with E-state index in [1.807, 2.05) is 47.4 Å². The maximum atomic E-state index is 12.9. The van der Waals surface area contributed by atoms with Crippen molar-refractivity contribution in [2.75, 3.05) is 4.90 Å². The highest BCUT2D eigenvalue weighted by Gasteiger charge is 2.20. The fraction of sp³-hybridized carbons (Fsp3) is 0.318. The van der Waals surface area contributed by atoms with Crippen molar-refractivity contribution >= 4 is 11.6 Å². The molecule has 0 aromatic heterocycles. The summed E-state index contributed by atoms with van der Waals surface area (Å²) in [4.78, 5) is 14.8. The maximum absolute atomic E-state index is 12.9. The third-order valence-corrected chi connectivity index (χ3v) is 4.35. The van der Waals surface area contributed by atoms with Crippen LogP contribution in [-0.4, -0.2) is 5.91 Å². The van der Waals surface area contributed by atoms with E-state index in [2.05, 4.69) is 31.8 Å². The fourth-order valence-electron chi connectivity index (χ4n) is 3.00. The van der Waals surface area contributed by atoms with E-state index in [9.17, 15) is 4.79 Å². The van der Waals surface area contributed by atoms with Gasteiger partial charge in [-0.15, -0.1) is 0 Å². The summed E-state index contributed by atoms with van der Waals surface area (Å²) in [6.07, 6.45) is 2.60. The Morgan fingerprint density at radius 3 is 2.50 bits per heavy atom. The molecule has 1 aliphatic heterocycles. The molecule has 2 aromatic carbocycles. The second kappa shape index (κ2) is 7.36. The molecule has 0 saturated heterocycles. The lowest BCUT2D eigenvalue weighted by Gasteiger charge is -2.26. The quantitative estimate of drug-likeness (QED) is 0.745. The molecule has 1 heterocycles. The minimum Gasteiger partial charge on any atom is -0.307 e. The third-order valence-electron chi connectivity index (χ3n) is 4.35. The Balaban J connectivity index is 1.94. The average molecular weight is 317 g/mol. The number of para-hydroxylation sites is 1. The van der Waals surface area contributed by atoms with Crippen molar-refractivity contribution in [3.05, 3.63) is 65.2 Å². The lowest BCUT2D eigenvalue weighted by molar-refractivity contribution is -0.118. The van der Waals surface area contributed by atoms with Crippen molar-refractivity contribution in [1.82, 2.24) is 0 Å². The molecule has 1 aliphatic rings. The first kappa shape index (κ1) is 16.3. The Bertz CT molecular complexity index is 795. The molecule has 2 nitrogen and oxygen atoms in total. The van der Waals surface area contributed by atoms with Crippen LogP contribution in [0.25, 0.3) is 0 Å². The van der Waals surface area contributed by atoms with Crippen LogP contribution in [0.5, 0.6) is 0 Å². The van der Waals surface area contributed by atoms with Crippen molar-refractivity contribution in [2.24, 2.45) is 5.92 Å². The number of carbonyl (C=O) groups excluding carboxylic acids is 1. The van der Waals surface area contributed by atoms with Gasteiger partial charge in [0.25, 0.3) is 0 Å². The van der Waals surface area contributed by atoms with Crippen LogP contribution in [-0.2, 0) is 11.3 Å². The number of nitrogens with zero attached hydrogens (tertiary/aromatic N) is 1. The highest BCUT2D eigenvalue weighted by molar-refractivity contribution is 5.95. The second-order valence-electron chi connectivity index (χ2n) is 6.69. The maximum Gasteiger partial charge on any atom is 0.227 e. The lowest BCUT2D eigenvalue weighted by Crippen LogP contribution is -2.31. The van der Waals surface area contributed by atoms with Gasteiger partial charge in [-0.05, 0) is 36.1 Å². The molecule has 0 N–H and O–H groups in total. The van der Waals surface area contributed by atoms with E-state index in [0.717, 1.165) is 35.2 Å². The highest BCUT2D eigenvalue weighted by atomic mass is 16.2. The molecule has 122 valence electrons. The molecule has 0 unspecified atom stereocenters. The van der Waals surface area contributed by atoms with E-state index >= 15 is 0 Å². The van der Waals surface area contributed by atoms with Crippen LogP contribution in [0.15, 0.2) is 48.5 Å². The van der Waals surface area contributed by atoms with Gasteiger partial charge in [-0.2, -0.15) is 0 Å². The van der Waals surface area contributed by atoms with Gasteiger partial charge in [0.1, 0.15) is 0 Å². The fourth-order valence-corrected chi connectivity index (χ4v) is 3.00. The normalized spacial score (nSPS) is 12.5. The number of fused-ring (bicyclic) bond motifs is 2. The van der Waals surface area contributed by atoms with E-state index in [0.29, 0.717) is 18.9 Å². The predicted molar refractivity (Wildman–Crippen MR) is 98.7 cm³/mol. The van der Waals surface area contributed by atoms with Gasteiger partial charge in [0.05, 0.1) is 12.2 Å². The first-order valence-corrected chi connectivity index (χ1v) is 8.64. The molecular formula is C22H23NO. The Morgan fingerprint density at radius 2 is 1.71 bits per heavy atom. The Kier molecular flexibility index (Phi) is 5.01. The zero-order valence-corrected chi connectivity index (χ0v) is 14.4. The van der Waals surface area contributed by atoms with Gasteiger partial charge in [0.15, 0.2) is 0 Å². The summed E-state index contributed by atoms with van der Waals surface area (Å²) in [5, 5.41) is 0. The van der Waals surface area contributed by atoms with E-state index in [-0.39, 0.29) is 5.91 Å². The molecule has 0 spiro atoms. The van der Waals surface area contributed by atoms with Crippen LogP contribution in [0, 0.1) is 17.8 Å². The van der Waals surface area contributed by atoms with Crippen LogP contribution in [0.3, 0.4) is 0 Å². The third kappa shape index (κ3) is 3.68. The van der Waals surface area contributed by atoms with E-state index in [4.69, 9.17) is 0 Å². The molecule has 0 bridgehead atoms. The summed E-state index contributed by atoms with van der Waals surface area (Å²) in [6.45, 7) is 4.98. The van der Waals surface area contributed by atoms with Gasteiger partial charge in [0, 0.05) is 17.5 Å². The summed E-state index contributed by atoms with van der Waals surface area (Å²) in [5.41, 5.74) is 3.96. The standard InChI is InChI=1S/C22H23NO/c1-17(2)8-7-13-22(24)23-16-20-11-4-3-9-18(20)14-15-19-10-5-6-12-21(19)23/h3-6,9-12,17H,7-8,13,16H2,1-2H3. The molecular weight excluding hydrogens is 294 g/mol. The molecule has 0 aliphatic carbocycles. The number of benzene rings is 2. The molecule has 2 heteroatoms. The van der Waals surface area contributed by atoms with Crippen molar-refractivity contribution in [2.45, 2.75) is 39.7 Å². The molecule has 0 saturated carbocycles. The number of hydrogen-bond donors (Lipinski definition) is 0. The average Bonchev–Trinajstić information content (AvgIpc) is 2.56. The van der Waals surface area contributed by atoms with Crippen LogP contribution in [0.4, 0.5) is 5.69 Å². The SMILES string of the molecule is CC(C)CCCC(=O)N1Cc2ccccc2C#Cc2ccccc21. The highest BCUT2D eigenvalue weighted by Crippen LogP contribution is 2.26. The minimum atomic E-state index is 0.182. The number of rotatable bonds is 4. The van der Waals surface area contributed by atoms with Gasteiger partial charge in [0.2, 0.25) is 5.91 Å². The Hall–Kier alpha value is -2.53. The van der Waals surface area contributed by atoms with Gasteiger partial charge in [-0.25, -0.2) is 0 Å². The van der Waals surface area contributed by atoms with Crippen LogP contribution in [0.2, 0.25) is 0 Å². The summed E-state index contributed by atoms with van der Waals surface area (Å²) < 4.78 is 0. The van der Waals surface area contributed by atoms with Crippen molar-refractivity contribution in [3.8, 4) is 11.8 Å².